The molecule has 4 nitrogen and oxygen atoms in total. The fourth-order valence-electron chi connectivity index (χ4n) is 2.08. The molecule has 1 unspecified atom stereocenters. The van der Waals surface area contributed by atoms with Crippen molar-refractivity contribution in [2.24, 2.45) is 0 Å². The van der Waals surface area contributed by atoms with Gasteiger partial charge >= 0.3 is 4.87 Å². The van der Waals surface area contributed by atoms with E-state index in [9.17, 15) is 4.79 Å². The summed E-state index contributed by atoms with van der Waals surface area (Å²) in [6.45, 7) is 7.54. The second kappa shape index (κ2) is 5.12. The van der Waals surface area contributed by atoms with Gasteiger partial charge in [0.1, 0.15) is 0 Å². The second-order valence-electron chi connectivity index (χ2n) is 4.63. The van der Waals surface area contributed by atoms with E-state index >= 15 is 0 Å². The molecule has 2 rings (SSSR count). The number of H-pyrrole nitrogens is 1. The van der Waals surface area contributed by atoms with E-state index in [0.29, 0.717) is 12.1 Å². The summed E-state index contributed by atoms with van der Waals surface area (Å²) in [5.74, 6) is 0. The topological polar surface area (TPSA) is 48.1 Å². The van der Waals surface area contributed by atoms with E-state index in [4.69, 9.17) is 0 Å². The number of likely N-dealkylation sites (tertiary alicyclic amines) is 1. The van der Waals surface area contributed by atoms with E-state index < -0.39 is 0 Å². The average Bonchev–Trinajstić information content (AvgIpc) is 2.83. The van der Waals surface area contributed by atoms with Crippen molar-refractivity contribution in [3.63, 3.8) is 0 Å². The van der Waals surface area contributed by atoms with Gasteiger partial charge in [0.2, 0.25) is 0 Å². The Balaban J connectivity index is 1.77. The first-order chi connectivity index (χ1) is 7.65. The molecule has 90 valence electrons. The highest BCUT2D eigenvalue weighted by atomic mass is 32.1. The van der Waals surface area contributed by atoms with Gasteiger partial charge in [-0.25, -0.2) is 0 Å². The van der Waals surface area contributed by atoms with Crippen molar-refractivity contribution < 1.29 is 0 Å². The SMILES string of the molecule is CC(C)N1CCC(NCc2csc(=O)[nH]2)C1. The quantitative estimate of drug-likeness (QED) is 0.827. The predicted molar refractivity (Wildman–Crippen MR) is 66.9 cm³/mol. The molecule has 0 radical (unpaired) electrons. The fraction of sp³-hybridized carbons (Fsp3) is 0.727. The number of rotatable bonds is 4. The van der Waals surface area contributed by atoms with Crippen molar-refractivity contribution >= 4 is 11.3 Å². The van der Waals surface area contributed by atoms with Crippen LogP contribution >= 0.6 is 11.3 Å². The van der Waals surface area contributed by atoms with Gasteiger partial charge in [-0.1, -0.05) is 11.3 Å². The third kappa shape index (κ3) is 2.93. The van der Waals surface area contributed by atoms with Crippen molar-refractivity contribution in [2.75, 3.05) is 13.1 Å². The normalized spacial score (nSPS) is 22.1. The van der Waals surface area contributed by atoms with Crippen LogP contribution in [0.2, 0.25) is 0 Å². The molecule has 1 aromatic heterocycles. The Morgan fingerprint density at radius 1 is 1.69 bits per heavy atom. The number of aromatic amines is 1. The van der Waals surface area contributed by atoms with Gasteiger partial charge in [0, 0.05) is 36.2 Å². The van der Waals surface area contributed by atoms with Crippen LogP contribution in [0.5, 0.6) is 0 Å². The summed E-state index contributed by atoms with van der Waals surface area (Å²) < 4.78 is 0. The van der Waals surface area contributed by atoms with Crippen LogP contribution in [0.4, 0.5) is 0 Å². The lowest BCUT2D eigenvalue weighted by Crippen LogP contribution is -2.34. The number of nitrogens with one attached hydrogen (secondary N) is 2. The predicted octanol–water partition coefficient (Wildman–Crippen LogP) is 1.01. The Labute approximate surface area is 99.7 Å². The number of nitrogens with zero attached hydrogens (tertiary/aromatic N) is 1. The second-order valence-corrected chi connectivity index (χ2v) is 5.47. The molecule has 1 saturated heterocycles. The number of aromatic nitrogens is 1. The number of thiazole rings is 1. The highest BCUT2D eigenvalue weighted by Gasteiger charge is 2.23. The van der Waals surface area contributed by atoms with Crippen LogP contribution in [0.3, 0.4) is 0 Å². The summed E-state index contributed by atoms with van der Waals surface area (Å²) >= 11 is 1.23. The van der Waals surface area contributed by atoms with Gasteiger partial charge in [-0.2, -0.15) is 0 Å². The lowest BCUT2D eigenvalue weighted by atomic mass is 10.2. The highest BCUT2D eigenvalue weighted by Crippen LogP contribution is 2.12. The number of hydrogen-bond donors (Lipinski definition) is 2. The molecular weight excluding hydrogens is 222 g/mol. The minimum Gasteiger partial charge on any atom is -0.315 e. The Kier molecular flexibility index (Phi) is 3.78. The van der Waals surface area contributed by atoms with Gasteiger partial charge < -0.3 is 10.3 Å². The zero-order valence-corrected chi connectivity index (χ0v) is 10.6. The molecular formula is C11H19N3OS. The smallest absolute Gasteiger partial charge is 0.304 e. The molecule has 1 atom stereocenters. The number of hydrogen-bond acceptors (Lipinski definition) is 4. The first kappa shape index (κ1) is 11.8. The van der Waals surface area contributed by atoms with Crippen molar-refractivity contribution in [3.05, 3.63) is 20.7 Å². The lowest BCUT2D eigenvalue weighted by molar-refractivity contribution is 0.268. The van der Waals surface area contributed by atoms with E-state index in [1.54, 1.807) is 0 Å². The molecule has 2 N–H and O–H groups in total. The molecule has 1 aliphatic heterocycles. The molecule has 1 aliphatic rings. The monoisotopic (exact) mass is 241 g/mol. The van der Waals surface area contributed by atoms with Crippen molar-refractivity contribution in [1.82, 2.24) is 15.2 Å². The van der Waals surface area contributed by atoms with Crippen LogP contribution in [0.15, 0.2) is 10.2 Å². The standard InChI is InChI=1S/C11H19N3OS/c1-8(2)14-4-3-9(6-14)12-5-10-7-16-11(15)13-10/h7-9,12H,3-6H2,1-2H3,(H,13,15). The summed E-state index contributed by atoms with van der Waals surface area (Å²) in [7, 11) is 0. The lowest BCUT2D eigenvalue weighted by Gasteiger charge is -2.20. The summed E-state index contributed by atoms with van der Waals surface area (Å²) in [6, 6.07) is 1.19. The zero-order valence-electron chi connectivity index (χ0n) is 9.82. The largest absolute Gasteiger partial charge is 0.315 e. The first-order valence-electron chi connectivity index (χ1n) is 5.79. The fourth-order valence-corrected chi connectivity index (χ4v) is 2.66. The third-order valence-corrected chi connectivity index (χ3v) is 3.82. The summed E-state index contributed by atoms with van der Waals surface area (Å²) in [4.78, 5) is 16.3. The van der Waals surface area contributed by atoms with Crippen LogP contribution in [0.1, 0.15) is 26.0 Å². The van der Waals surface area contributed by atoms with Crippen LogP contribution in [-0.4, -0.2) is 35.1 Å². The molecule has 0 saturated carbocycles. The van der Waals surface area contributed by atoms with E-state index in [-0.39, 0.29) is 4.87 Å². The van der Waals surface area contributed by atoms with Crippen molar-refractivity contribution in [3.8, 4) is 0 Å². The molecule has 0 aromatic carbocycles. The third-order valence-electron chi connectivity index (χ3n) is 3.10. The summed E-state index contributed by atoms with van der Waals surface area (Å²) in [5.41, 5.74) is 0.998. The first-order valence-corrected chi connectivity index (χ1v) is 6.67. The van der Waals surface area contributed by atoms with Gasteiger partial charge in [0.25, 0.3) is 0 Å². The van der Waals surface area contributed by atoms with E-state index in [1.165, 1.54) is 24.3 Å². The molecule has 0 spiro atoms. The minimum atomic E-state index is 0.0343. The molecule has 0 bridgehead atoms. The maximum Gasteiger partial charge on any atom is 0.304 e. The maximum atomic E-state index is 11.0. The van der Waals surface area contributed by atoms with Crippen LogP contribution in [0, 0.1) is 0 Å². The molecule has 0 amide bonds. The summed E-state index contributed by atoms with van der Waals surface area (Å²) in [5, 5.41) is 5.38. The van der Waals surface area contributed by atoms with Crippen LogP contribution in [-0.2, 0) is 6.54 Å². The van der Waals surface area contributed by atoms with Gasteiger partial charge in [0.15, 0.2) is 0 Å². The Morgan fingerprint density at radius 2 is 2.50 bits per heavy atom. The van der Waals surface area contributed by atoms with Crippen LogP contribution < -0.4 is 10.2 Å². The molecule has 2 heterocycles. The Morgan fingerprint density at radius 3 is 3.06 bits per heavy atom. The van der Waals surface area contributed by atoms with E-state index in [1.807, 2.05) is 5.38 Å². The Hall–Kier alpha value is -0.650. The zero-order chi connectivity index (χ0) is 11.5. The molecule has 16 heavy (non-hydrogen) atoms. The van der Waals surface area contributed by atoms with Crippen molar-refractivity contribution in [2.45, 2.75) is 38.9 Å². The maximum absolute atomic E-state index is 11.0. The molecule has 0 aliphatic carbocycles. The van der Waals surface area contributed by atoms with Crippen LogP contribution in [0.25, 0.3) is 0 Å². The highest BCUT2D eigenvalue weighted by molar-refractivity contribution is 7.07. The van der Waals surface area contributed by atoms with Gasteiger partial charge in [-0.15, -0.1) is 0 Å². The Bertz CT molecular complexity index is 385. The van der Waals surface area contributed by atoms with E-state index in [2.05, 4.69) is 29.0 Å². The van der Waals surface area contributed by atoms with Crippen molar-refractivity contribution in [1.29, 1.82) is 0 Å². The van der Waals surface area contributed by atoms with E-state index in [0.717, 1.165) is 18.8 Å². The minimum absolute atomic E-state index is 0.0343. The summed E-state index contributed by atoms with van der Waals surface area (Å²) in [6.07, 6.45) is 1.20. The average molecular weight is 241 g/mol. The molecule has 1 aromatic rings. The van der Waals surface area contributed by atoms with Gasteiger partial charge in [-0.3, -0.25) is 9.69 Å². The van der Waals surface area contributed by atoms with Gasteiger partial charge in [-0.05, 0) is 26.8 Å². The molecule has 1 fully saturated rings. The molecule has 5 heteroatoms. The van der Waals surface area contributed by atoms with Gasteiger partial charge in [0.05, 0.1) is 0 Å².